The van der Waals surface area contributed by atoms with Gasteiger partial charge in [-0.3, -0.25) is 4.98 Å². The molecule has 1 aliphatic rings. The van der Waals surface area contributed by atoms with Crippen LogP contribution < -0.4 is 11.1 Å². The summed E-state index contributed by atoms with van der Waals surface area (Å²) in [5.74, 6) is 0.219. The SMILES string of the molecule is Nc1cnc2ccsc2c1NCC1CCN(OC(=O)c2ccccc2)CC1. The van der Waals surface area contributed by atoms with E-state index in [4.69, 9.17) is 10.6 Å². The smallest absolute Gasteiger partial charge is 0.357 e. The summed E-state index contributed by atoms with van der Waals surface area (Å²) in [6, 6.07) is 11.1. The number of nitrogens with zero attached hydrogens (tertiary/aromatic N) is 2. The molecule has 7 heteroatoms. The number of carbonyl (C=O) groups excluding carboxylic acids is 1. The first-order valence-electron chi connectivity index (χ1n) is 9.08. The van der Waals surface area contributed by atoms with E-state index < -0.39 is 0 Å². The van der Waals surface area contributed by atoms with Crippen LogP contribution in [0.5, 0.6) is 0 Å². The Labute approximate surface area is 161 Å². The van der Waals surface area contributed by atoms with Gasteiger partial charge in [0.05, 0.1) is 33.4 Å². The van der Waals surface area contributed by atoms with Crippen LogP contribution in [0.25, 0.3) is 10.2 Å². The number of thiophene rings is 1. The van der Waals surface area contributed by atoms with Gasteiger partial charge in [0.15, 0.2) is 0 Å². The number of fused-ring (bicyclic) bond motifs is 1. The van der Waals surface area contributed by atoms with E-state index in [-0.39, 0.29) is 5.97 Å². The minimum Gasteiger partial charge on any atom is -0.396 e. The molecular weight excluding hydrogens is 360 g/mol. The summed E-state index contributed by atoms with van der Waals surface area (Å²) in [5, 5.41) is 7.31. The lowest BCUT2D eigenvalue weighted by Gasteiger charge is -2.30. The summed E-state index contributed by atoms with van der Waals surface area (Å²) in [7, 11) is 0. The van der Waals surface area contributed by atoms with E-state index in [9.17, 15) is 4.79 Å². The van der Waals surface area contributed by atoms with Crippen LogP contribution in [0.15, 0.2) is 48.0 Å². The lowest BCUT2D eigenvalue weighted by atomic mass is 9.98. The molecule has 3 heterocycles. The summed E-state index contributed by atoms with van der Waals surface area (Å²) in [6.45, 7) is 2.33. The lowest BCUT2D eigenvalue weighted by Crippen LogP contribution is -2.37. The van der Waals surface area contributed by atoms with Crippen LogP contribution in [-0.2, 0) is 4.84 Å². The number of anilines is 2. The molecule has 0 radical (unpaired) electrons. The third-order valence-electron chi connectivity index (χ3n) is 4.87. The molecule has 0 bridgehead atoms. The van der Waals surface area contributed by atoms with E-state index in [0.29, 0.717) is 17.2 Å². The first kappa shape index (κ1) is 17.8. The Balaban J connectivity index is 1.29. The molecule has 0 unspecified atom stereocenters. The minimum atomic E-state index is -0.295. The van der Waals surface area contributed by atoms with Crippen molar-refractivity contribution in [3.63, 3.8) is 0 Å². The maximum atomic E-state index is 12.1. The number of hydrogen-bond acceptors (Lipinski definition) is 7. The number of aromatic nitrogens is 1. The topological polar surface area (TPSA) is 80.5 Å². The van der Waals surface area contributed by atoms with Crippen molar-refractivity contribution in [3.8, 4) is 0 Å². The number of piperidine rings is 1. The fourth-order valence-corrected chi connectivity index (χ4v) is 4.19. The third kappa shape index (κ3) is 4.04. The number of nitrogens with one attached hydrogen (secondary N) is 1. The molecule has 0 amide bonds. The third-order valence-corrected chi connectivity index (χ3v) is 5.79. The van der Waals surface area contributed by atoms with E-state index in [1.807, 2.05) is 29.6 Å². The zero-order valence-corrected chi connectivity index (χ0v) is 15.7. The molecule has 0 saturated carbocycles. The van der Waals surface area contributed by atoms with Crippen molar-refractivity contribution >= 4 is 38.9 Å². The van der Waals surface area contributed by atoms with Gasteiger partial charge in [-0.05, 0) is 42.3 Å². The number of benzene rings is 1. The number of nitrogens with two attached hydrogens (primary N) is 1. The number of hydroxylamine groups is 2. The highest BCUT2D eigenvalue weighted by Crippen LogP contribution is 2.32. The molecule has 6 nitrogen and oxygen atoms in total. The van der Waals surface area contributed by atoms with E-state index >= 15 is 0 Å². The van der Waals surface area contributed by atoms with Crippen LogP contribution in [0, 0.1) is 5.92 Å². The Morgan fingerprint density at radius 3 is 2.81 bits per heavy atom. The quantitative estimate of drug-likeness (QED) is 0.699. The van der Waals surface area contributed by atoms with E-state index in [1.165, 1.54) is 0 Å². The monoisotopic (exact) mass is 382 g/mol. The van der Waals surface area contributed by atoms with Crippen LogP contribution in [0.1, 0.15) is 23.2 Å². The fourth-order valence-electron chi connectivity index (χ4n) is 3.30. The first-order chi connectivity index (χ1) is 13.2. The van der Waals surface area contributed by atoms with Crippen molar-refractivity contribution in [2.45, 2.75) is 12.8 Å². The normalized spacial score (nSPS) is 15.7. The van der Waals surface area contributed by atoms with Gasteiger partial charge in [-0.1, -0.05) is 18.2 Å². The highest BCUT2D eigenvalue weighted by Gasteiger charge is 2.23. The number of pyridine rings is 1. The number of nitrogen functional groups attached to an aromatic ring is 1. The molecule has 3 N–H and O–H groups in total. The fraction of sp³-hybridized carbons (Fsp3) is 0.300. The molecule has 0 atom stereocenters. The Kier molecular flexibility index (Phi) is 5.22. The molecule has 1 saturated heterocycles. The highest BCUT2D eigenvalue weighted by atomic mass is 32.1. The van der Waals surface area contributed by atoms with Crippen LogP contribution >= 0.6 is 11.3 Å². The van der Waals surface area contributed by atoms with Crippen molar-refractivity contribution in [1.29, 1.82) is 0 Å². The maximum absolute atomic E-state index is 12.1. The second-order valence-corrected chi connectivity index (χ2v) is 7.64. The summed E-state index contributed by atoms with van der Waals surface area (Å²) in [5.41, 5.74) is 9.32. The number of rotatable bonds is 5. The Morgan fingerprint density at radius 2 is 2.04 bits per heavy atom. The predicted molar refractivity (Wildman–Crippen MR) is 109 cm³/mol. The highest BCUT2D eigenvalue weighted by molar-refractivity contribution is 7.17. The molecule has 0 aliphatic carbocycles. The Hall–Kier alpha value is -2.64. The molecule has 3 aromatic rings. The van der Waals surface area contributed by atoms with Gasteiger partial charge in [0.2, 0.25) is 0 Å². The summed E-state index contributed by atoms with van der Waals surface area (Å²) in [6.07, 6.45) is 3.64. The van der Waals surface area contributed by atoms with Gasteiger partial charge in [-0.15, -0.1) is 16.4 Å². The van der Waals surface area contributed by atoms with E-state index in [0.717, 1.165) is 48.4 Å². The largest absolute Gasteiger partial charge is 0.396 e. The van der Waals surface area contributed by atoms with Crippen molar-refractivity contribution in [1.82, 2.24) is 10.0 Å². The zero-order chi connectivity index (χ0) is 18.6. The standard InChI is InChI=1S/C20H22N4O2S/c21-16-13-22-17-8-11-27-19(17)18(16)23-12-14-6-9-24(10-7-14)26-20(25)15-4-2-1-3-5-15/h1-5,8,11,13-14H,6-7,9-10,12,21H2,(H,22,23). The van der Waals surface area contributed by atoms with Gasteiger partial charge < -0.3 is 15.9 Å². The second kappa shape index (κ2) is 7.94. The molecule has 27 heavy (non-hydrogen) atoms. The van der Waals surface area contributed by atoms with Crippen LogP contribution in [0.2, 0.25) is 0 Å². The average molecular weight is 382 g/mol. The van der Waals surface area contributed by atoms with Crippen LogP contribution in [-0.4, -0.2) is 35.7 Å². The van der Waals surface area contributed by atoms with Crippen LogP contribution in [0.4, 0.5) is 11.4 Å². The summed E-state index contributed by atoms with van der Waals surface area (Å²) >= 11 is 1.65. The molecule has 140 valence electrons. The lowest BCUT2D eigenvalue weighted by molar-refractivity contribution is -0.125. The molecule has 0 spiro atoms. The van der Waals surface area contributed by atoms with Crippen molar-refractivity contribution in [2.75, 3.05) is 30.7 Å². The molecule has 2 aromatic heterocycles. The zero-order valence-electron chi connectivity index (χ0n) is 14.9. The first-order valence-corrected chi connectivity index (χ1v) is 9.96. The number of hydrogen-bond donors (Lipinski definition) is 2. The van der Waals surface area contributed by atoms with Gasteiger partial charge in [0, 0.05) is 19.6 Å². The molecule has 4 rings (SSSR count). The maximum Gasteiger partial charge on any atom is 0.357 e. The second-order valence-electron chi connectivity index (χ2n) is 6.72. The van der Waals surface area contributed by atoms with Crippen molar-refractivity contribution < 1.29 is 9.63 Å². The van der Waals surface area contributed by atoms with E-state index in [1.54, 1.807) is 34.7 Å². The van der Waals surface area contributed by atoms with Gasteiger partial charge >= 0.3 is 5.97 Å². The molecule has 1 fully saturated rings. The Morgan fingerprint density at radius 1 is 1.26 bits per heavy atom. The minimum absolute atomic E-state index is 0.295. The van der Waals surface area contributed by atoms with Crippen molar-refractivity contribution in [2.24, 2.45) is 5.92 Å². The van der Waals surface area contributed by atoms with Gasteiger partial charge in [0.1, 0.15) is 0 Å². The van der Waals surface area contributed by atoms with Crippen molar-refractivity contribution in [3.05, 3.63) is 53.5 Å². The van der Waals surface area contributed by atoms with Gasteiger partial charge in [-0.25, -0.2) is 4.79 Å². The van der Waals surface area contributed by atoms with Gasteiger partial charge in [0.25, 0.3) is 0 Å². The number of carbonyl (C=O) groups is 1. The summed E-state index contributed by atoms with van der Waals surface area (Å²) < 4.78 is 1.10. The van der Waals surface area contributed by atoms with Gasteiger partial charge in [-0.2, -0.15) is 0 Å². The van der Waals surface area contributed by atoms with Crippen LogP contribution in [0.3, 0.4) is 0 Å². The molecular formula is C20H22N4O2S. The molecule has 1 aromatic carbocycles. The summed E-state index contributed by atoms with van der Waals surface area (Å²) in [4.78, 5) is 22.0. The van der Waals surface area contributed by atoms with E-state index in [2.05, 4.69) is 10.3 Å². The Bertz CT molecular complexity index is 920. The average Bonchev–Trinajstić information content (AvgIpc) is 3.18. The molecule has 1 aliphatic heterocycles. The predicted octanol–water partition coefficient (Wildman–Crippen LogP) is 3.77.